The fourth-order valence-corrected chi connectivity index (χ4v) is 17.3. The van der Waals surface area contributed by atoms with E-state index in [0.29, 0.717) is 0 Å². The third kappa shape index (κ3) is 7.58. The Hall–Kier alpha value is -12.4. The van der Waals surface area contributed by atoms with Gasteiger partial charge in [-0.3, -0.25) is 0 Å². The number of hydrogen-bond donors (Lipinski definition) is 0. The Morgan fingerprint density at radius 1 is 0.292 bits per heavy atom. The maximum Gasteiger partial charge on any atom is 0.0641 e. The first-order valence-electron chi connectivity index (χ1n) is 33.6. The number of aromatic nitrogens is 5. The topological polar surface area (TPSA) is 27.9 Å². The lowest BCUT2D eigenvalue weighted by molar-refractivity contribution is 0.747. The van der Waals surface area contributed by atoms with Crippen molar-refractivity contribution in [1.82, 2.24) is 22.8 Å². The van der Waals surface area contributed by atoms with Crippen LogP contribution >= 0.6 is 0 Å². The number of anilines is 2. The molecule has 0 saturated carbocycles. The molecule has 3 aliphatic rings. The van der Waals surface area contributed by atoms with Crippen LogP contribution in [0.2, 0.25) is 0 Å². The Labute approximate surface area is 553 Å². The van der Waals surface area contributed by atoms with Gasteiger partial charge in [-0.2, -0.15) is 0 Å². The molecule has 21 rings (SSSR count). The highest BCUT2D eigenvalue weighted by Crippen LogP contribution is 2.54. The molecule has 18 aromatic rings. The van der Waals surface area contributed by atoms with E-state index < -0.39 is 0 Å². The Morgan fingerprint density at radius 3 is 1.29 bits per heavy atom. The van der Waals surface area contributed by atoms with Crippen molar-refractivity contribution >= 4 is 116 Å². The Morgan fingerprint density at radius 2 is 0.729 bits per heavy atom. The second kappa shape index (κ2) is 20.6. The van der Waals surface area contributed by atoms with Gasteiger partial charge >= 0.3 is 0 Å². The molecule has 0 fully saturated rings. The normalized spacial score (nSPS) is 15.1. The lowest BCUT2D eigenvalue weighted by Crippen LogP contribution is -2.28. The summed E-state index contributed by atoms with van der Waals surface area (Å²) in [6.45, 7) is 0. The molecule has 2 aliphatic carbocycles. The summed E-state index contributed by atoms with van der Waals surface area (Å²) in [5.74, 6) is 0.207. The van der Waals surface area contributed by atoms with Crippen LogP contribution in [0.3, 0.4) is 0 Å². The van der Waals surface area contributed by atoms with Crippen LogP contribution in [0.25, 0.3) is 155 Å². The molecule has 6 heterocycles. The van der Waals surface area contributed by atoms with E-state index in [4.69, 9.17) is 0 Å². The standard InChI is InChI=1S/C90H60N6/c1-4-22-61(23-5-1)91-77-36-18-12-30-71(77)85-81(91)52-53-82-86(85)72-31-13-19-37-78(72)93(82)64-44-40-57(41-45-64)59-54-60(56-66(55-59)96-76-35-17-11-29-68(76)70-49-50-83-88(90(70)96)73-32-14-20-38-79(73)92(83)62-24-6-2-7-25-62)58-42-46-65(47-43-58)94-80-39-21-15-33-74(80)87-84(94)51-48-69-67-28-10-16-34-75(67)95(89(69)87)63-26-8-3-9-27-63/h1-11,13-29,31-56,72,78H,12,30H2. The summed E-state index contributed by atoms with van der Waals surface area (Å²) >= 11 is 0. The maximum absolute atomic E-state index is 2.61. The molecular weight excluding hydrogens is 1170 g/mol. The van der Waals surface area contributed by atoms with Crippen molar-refractivity contribution in [2.45, 2.75) is 24.8 Å². The minimum Gasteiger partial charge on any atom is -0.333 e. The van der Waals surface area contributed by atoms with Crippen LogP contribution < -0.4 is 4.90 Å². The molecule has 13 aromatic carbocycles. The van der Waals surface area contributed by atoms with Crippen LogP contribution in [0.15, 0.2) is 322 Å². The predicted molar refractivity (Wildman–Crippen MR) is 402 cm³/mol. The fourth-order valence-electron chi connectivity index (χ4n) is 17.3. The number of benzene rings is 13. The number of para-hydroxylation sites is 7. The molecule has 1 aliphatic heterocycles. The molecule has 0 bridgehead atoms. The van der Waals surface area contributed by atoms with E-state index in [0.717, 1.165) is 57.8 Å². The zero-order chi connectivity index (χ0) is 62.7. The largest absolute Gasteiger partial charge is 0.333 e. The molecule has 6 heteroatoms. The van der Waals surface area contributed by atoms with Crippen LogP contribution in [0.5, 0.6) is 0 Å². The average molecular weight is 1230 g/mol. The van der Waals surface area contributed by atoms with Gasteiger partial charge in [-0.1, -0.05) is 194 Å². The van der Waals surface area contributed by atoms with Gasteiger partial charge in [-0.05, 0) is 180 Å². The zero-order valence-electron chi connectivity index (χ0n) is 52.4. The van der Waals surface area contributed by atoms with Crippen molar-refractivity contribution < 1.29 is 0 Å². The third-order valence-electron chi connectivity index (χ3n) is 21.2. The first-order chi connectivity index (χ1) is 47.7. The maximum atomic E-state index is 2.61. The number of hydrogen-bond acceptors (Lipinski definition) is 1. The number of fused-ring (bicyclic) bond motifs is 21. The van der Waals surface area contributed by atoms with Crippen LogP contribution in [-0.4, -0.2) is 28.9 Å². The Bertz CT molecular complexity index is 6360. The molecule has 0 saturated heterocycles. The summed E-state index contributed by atoms with van der Waals surface area (Å²) in [7, 11) is 0. The number of rotatable bonds is 8. The van der Waals surface area contributed by atoms with Gasteiger partial charge in [0.15, 0.2) is 0 Å². The first-order valence-corrected chi connectivity index (χ1v) is 33.6. The van der Waals surface area contributed by atoms with Gasteiger partial charge < -0.3 is 27.7 Å². The van der Waals surface area contributed by atoms with E-state index in [1.165, 1.54) is 132 Å². The van der Waals surface area contributed by atoms with Crippen molar-refractivity contribution in [2.75, 3.05) is 4.90 Å². The van der Waals surface area contributed by atoms with E-state index in [-0.39, 0.29) is 12.0 Å². The molecule has 450 valence electrons. The van der Waals surface area contributed by atoms with Gasteiger partial charge in [0.2, 0.25) is 0 Å². The highest BCUT2D eigenvalue weighted by molar-refractivity contribution is 6.28. The summed E-state index contributed by atoms with van der Waals surface area (Å²) in [6.07, 6.45) is 16.1. The molecule has 0 N–H and O–H groups in total. The van der Waals surface area contributed by atoms with E-state index in [1.807, 2.05) is 0 Å². The van der Waals surface area contributed by atoms with Gasteiger partial charge in [-0.25, -0.2) is 0 Å². The smallest absolute Gasteiger partial charge is 0.0641 e. The van der Waals surface area contributed by atoms with E-state index in [9.17, 15) is 0 Å². The lowest BCUT2D eigenvalue weighted by atomic mass is 9.87. The Balaban J connectivity index is 0.755. The zero-order valence-corrected chi connectivity index (χ0v) is 52.4. The van der Waals surface area contributed by atoms with Crippen molar-refractivity contribution in [3.05, 3.63) is 338 Å². The van der Waals surface area contributed by atoms with Crippen LogP contribution in [0.4, 0.5) is 11.4 Å². The van der Waals surface area contributed by atoms with Gasteiger partial charge in [-0.15, -0.1) is 0 Å². The van der Waals surface area contributed by atoms with Gasteiger partial charge in [0.05, 0.1) is 55.7 Å². The quantitative estimate of drug-likeness (QED) is 0.149. The monoisotopic (exact) mass is 1220 g/mol. The van der Waals surface area contributed by atoms with E-state index >= 15 is 0 Å². The summed E-state index contributed by atoms with van der Waals surface area (Å²) in [6, 6.07) is 109. The SMILES string of the molecule is C1=CC2c3c(ccc4c3c3c(n4-c4ccccc4)C=CCC3)N(c3ccc(-c4cc(-c5ccc(-n6c7ccccc7c7c6ccc6c8ccccc8n(-c8ccccc8)c67)cc5)cc(-n5c6ccccc6c6ccc7c(c8ccccc8n7-c7ccccc7)c65)c4)cc3)C2C=C1. The molecule has 6 nitrogen and oxygen atoms in total. The summed E-state index contributed by atoms with van der Waals surface area (Å²) < 4.78 is 12.4. The first kappa shape index (κ1) is 53.2. The number of allylic oxidation sites excluding steroid dienone is 3. The molecule has 5 aromatic heterocycles. The molecule has 0 amide bonds. The van der Waals surface area contributed by atoms with Crippen molar-refractivity contribution in [2.24, 2.45) is 0 Å². The highest BCUT2D eigenvalue weighted by Gasteiger charge is 2.40. The van der Waals surface area contributed by atoms with Gasteiger partial charge in [0.25, 0.3) is 0 Å². The summed E-state index contributed by atoms with van der Waals surface area (Å²) in [4.78, 5) is 2.61. The van der Waals surface area contributed by atoms with Crippen molar-refractivity contribution in [3.63, 3.8) is 0 Å². The fraction of sp³-hybridized carbons (Fsp3) is 0.0444. The average Bonchev–Trinajstić information content (AvgIpc) is 1.57. The molecule has 96 heavy (non-hydrogen) atoms. The number of aryl methyl sites for hydroxylation is 1. The van der Waals surface area contributed by atoms with Crippen molar-refractivity contribution in [1.29, 1.82) is 0 Å². The highest BCUT2D eigenvalue weighted by atomic mass is 15.2. The minimum atomic E-state index is 0.138. The Kier molecular flexibility index (Phi) is 11.4. The second-order valence-corrected chi connectivity index (χ2v) is 26.2. The van der Waals surface area contributed by atoms with Gasteiger partial charge in [0.1, 0.15) is 0 Å². The second-order valence-electron chi connectivity index (χ2n) is 26.2. The molecular formula is C90H60N6. The number of nitrogens with zero attached hydrogens (tertiary/aromatic N) is 6. The van der Waals surface area contributed by atoms with Crippen LogP contribution in [-0.2, 0) is 6.42 Å². The van der Waals surface area contributed by atoms with Crippen molar-refractivity contribution in [3.8, 4) is 50.7 Å². The molecule has 2 atom stereocenters. The summed E-state index contributed by atoms with van der Waals surface area (Å²) in [5.41, 5.74) is 27.7. The van der Waals surface area contributed by atoms with Crippen LogP contribution in [0, 0.1) is 0 Å². The predicted octanol–water partition coefficient (Wildman–Crippen LogP) is 23.0. The van der Waals surface area contributed by atoms with E-state index in [1.54, 1.807) is 0 Å². The van der Waals surface area contributed by atoms with E-state index in [2.05, 4.69) is 355 Å². The van der Waals surface area contributed by atoms with Gasteiger partial charge in [0, 0.05) is 99.9 Å². The lowest BCUT2D eigenvalue weighted by Gasteiger charge is -2.28. The third-order valence-corrected chi connectivity index (χ3v) is 21.2. The molecule has 0 radical (unpaired) electrons. The summed E-state index contributed by atoms with van der Waals surface area (Å²) in [5, 5.41) is 11.3. The van der Waals surface area contributed by atoms with Crippen LogP contribution in [0.1, 0.15) is 29.2 Å². The molecule has 2 unspecified atom stereocenters. The molecule has 0 spiro atoms. The minimum absolute atomic E-state index is 0.138.